The van der Waals surface area contributed by atoms with E-state index in [0.717, 1.165) is 18.6 Å². The Morgan fingerprint density at radius 3 is 2.75 bits per heavy atom. The molecule has 0 heterocycles. The number of halogens is 2. The summed E-state index contributed by atoms with van der Waals surface area (Å²) in [6.07, 6.45) is 4.19. The van der Waals surface area contributed by atoms with Crippen molar-refractivity contribution in [3.05, 3.63) is 41.5 Å². The molecular weight excluding hydrogens is 158 g/mol. The summed E-state index contributed by atoms with van der Waals surface area (Å²) < 4.78 is 25.4. The zero-order valence-corrected chi connectivity index (χ0v) is 6.85. The smallest absolute Gasteiger partial charge is 0.130 e. The van der Waals surface area contributed by atoms with Gasteiger partial charge in [0.1, 0.15) is 11.6 Å². The zero-order chi connectivity index (χ0) is 8.97. The molecule has 0 aromatic heterocycles. The van der Waals surface area contributed by atoms with E-state index in [1.807, 2.05) is 6.92 Å². The van der Waals surface area contributed by atoms with E-state index in [1.54, 1.807) is 12.2 Å². The Kier molecular flexibility index (Phi) is 2.97. The van der Waals surface area contributed by atoms with Gasteiger partial charge in [0, 0.05) is 5.56 Å². The van der Waals surface area contributed by atoms with Crippen molar-refractivity contribution in [3.8, 4) is 0 Å². The molecule has 0 saturated heterocycles. The van der Waals surface area contributed by atoms with Gasteiger partial charge >= 0.3 is 0 Å². The fourth-order valence-electron chi connectivity index (χ4n) is 0.887. The van der Waals surface area contributed by atoms with Gasteiger partial charge < -0.3 is 0 Å². The summed E-state index contributed by atoms with van der Waals surface area (Å²) in [6, 6.07) is 3.42. The molecule has 0 atom stereocenters. The monoisotopic (exact) mass is 168 g/mol. The van der Waals surface area contributed by atoms with E-state index in [4.69, 9.17) is 0 Å². The van der Waals surface area contributed by atoms with E-state index in [2.05, 4.69) is 0 Å². The molecule has 0 amide bonds. The molecule has 0 radical (unpaired) electrons. The Morgan fingerprint density at radius 1 is 1.33 bits per heavy atom. The maximum absolute atomic E-state index is 12.9. The second-order valence-corrected chi connectivity index (χ2v) is 2.48. The third-order valence-corrected chi connectivity index (χ3v) is 1.49. The molecule has 0 nitrogen and oxygen atoms in total. The largest absolute Gasteiger partial charge is 0.207 e. The minimum absolute atomic E-state index is 0.303. The fourth-order valence-corrected chi connectivity index (χ4v) is 0.887. The van der Waals surface area contributed by atoms with E-state index in [1.165, 1.54) is 6.07 Å². The molecule has 0 unspecified atom stereocenters. The summed E-state index contributed by atoms with van der Waals surface area (Å²) in [6.45, 7) is 1.94. The second-order valence-electron chi connectivity index (χ2n) is 2.48. The van der Waals surface area contributed by atoms with Crippen LogP contribution in [0.1, 0.15) is 18.9 Å². The van der Waals surface area contributed by atoms with Crippen LogP contribution in [0, 0.1) is 11.6 Å². The van der Waals surface area contributed by atoms with Gasteiger partial charge in [-0.25, -0.2) is 8.78 Å². The van der Waals surface area contributed by atoms with Gasteiger partial charge in [-0.1, -0.05) is 19.1 Å². The Labute approximate surface area is 70.5 Å². The van der Waals surface area contributed by atoms with Crippen molar-refractivity contribution in [2.45, 2.75) is 13.3 Å². The minimum atomic E-state index is -0.410. The van der Waals surface area contributed by atoms with Gasteiger partial charge in [-0.3, -0.25) is 0 Å². The van der Waals surface area contributed by atoms with Crippen LogP contribution in [0.4, 0.5) is 8.78 Å². The number of benzene rings is 1. The van der Waals surface area contributed by atoms with E-state index in [0.29, 0.717) is 5.56 Å². The Hall–Kier alpha value is -1.18. The lowest BCUT2D eigenvalue weighted by Crippen LogP contribution is -1.83. The van der Waals surface area contributed by atoms with Crippen molar-refractivity contribution in [2.75, 3.05) is 0 Å². The van der Waals surface area contributed by atoms with Gasteiger partial charge in [0.15, 0.2) is 0 Å². The molecule has 1 rings (SSSR count). The molecule has 0 spiro atoms. The summed E-state index contributed by atoms with van der Waals surface area (Å²) in [5.41, 5.74) is 0.303. The standard InChI is InChI=1S/C10H10F2/c1-2-3-4-8-7-9(11)5-6-10(8)12/h3-7H,2H2,1H3/b4-3+. The summed E-state index contributed by atoms with van der Waals surface area (Å²) in [4.78, 5) is 0. The van der Waals surface area contributed by atoms with Crippen molar-refractivity contribution in [1.29, 1.82) is 0 Å². The first kappa shape index (κ1) is 8.91. The van der Waals surface area contributed by atoms with Crippen LogP contribution < -0.4 is 0 Å². The van der Waals surface area contributed by atoms with E-state index in [9.17, 15) is 8.78 Å². The zero-order valence-electron chi connectivity index (χ0n) is 6.85. The highest BCUT2D eigenvalue weighted by Gasteiger charge is 1.98. The lowest BCUT2D eigenvalue weighted by molar-refractivity contribution is 0.598. The summed E-state index contributed by atoms with van der Waals surface area (Å²) >= 11 is 0. The van der Waals surface area contributed by atoms with Crippen LogP contribution >= 0.6 is 0 Å². The van der Waals surface area contributed by atoms with Crippen LogP contribution in [-0.4, -0.2) is 0 Å². The quantitative estimate of drug-likeness (QED) is 0.635. The molecule has 0 aliphatic heterocycles. The molecule has 64 valence electrons. The Bertz CT molecular complexity index is 290. The average Bonchev–Trinajstić information content (AvgIpc) is 2.07. The van der Waals surface area contributed by atoms with Gasteiger partial charge in [-0.2, -0.15) is 0 Å². The summed E-state index contributed by atoms with van der Waals surface area (Å²) in [5.74, 6) is -0.798. The predicted octanol–water partition coefficient (Wildman–Crippen LogP) is 3.39. The molecule has 0 bridgehead atoms. The number of rotatable bonds is 2. The first-order chi connectivity index (χ1) is 5.74. The van der Waals surface area contributed by atoms with Crippen molar-refractivity contribution in [3.63, 3.8) is 0 Å². The third-order valence-electron chi connectivity index (χ3n) is 1.49. The highest BCUT2D eigenvalue weighted by Crippen LogP contribution is 2.11. The molecule has 0 fully saturated rings. The topological polar surface area (TPSA) is 0 Å². The van der Waals surface area contributed by atoms with Crippen molar-refractivity contribution >= 4 is 6.08 Å². The van der Waals surface area contributed by atoms with Gasteiger partial charge in [0.05, 0.1) is 0 Å². The fraction of sp³-hybridized carbons (Fsp3) is 0.200. The maximum atomic E-state index is 12.9. The average molecular weight is 168 g/mol. The van der Waals surface area contributed by atoms with Crippen molar-refractivity contribution in [1.82, 2.24) is 0 Å². The summed E-state index contributed by atoms with van der Waals surface area (Å²) in [7, 11) is 0. The molecule has 1 aromatic rings. The number of hydrogen-bond acceptors (Lipinski definition) is 0. The van der Waals surface area contributed by atoms with Gasteiger partial charge in [0.2, 0.25) is 0 Å². The molecular formula is C10H10F2. The van der Waals surface area contributed by atoms with Crippen LogP contribution in [0.2, 0.25) is 0 Å². The second kappa shape index (κ2) is 4.00. The van der Waals surface area contributed by atoms with Crippen LogP contribution in [0.25, 0.3) is 6.08 Å². The van der Waals surface area contributed by atoms with Gasteiger partial charge in [-0.15, -0.1) is 0 Å². The number of allylic oxidation sites excluding steroid dienone is 1. The lowest BCUT2D eigenvalue weighted by Gasteiger charge is -1.95. The first-order valence-electron chi connectivity index (χ1n) is 3.85. The van der Waals surface area contributed by atoms with Crippen molar-refractivity contribution < 1.29 is 8.78 Å². The Balaban J connectivity index is 2.97. The van der Waals surface area contributed by atoms with Crippen LogP contribution in [-0.2, 0) is 0 Å². The van der Waals surface area contributed by atoms with E-state index >= 15 is 0 Å². The molecule has 0 aliphatic rings. The first-order valence-corrected chi connectivity index (χ1v) is 3.85. The van der Waals surface area contributed by atoms with Crippen LogP contribution in [0.15, 0.2) is 24.3 Å². The van der Waals surface area contributed by atoms with Crippen LogP contribution in [0.3, 0.4) is 0 Å². The van der Waals surface area contributed by atoms with E-state index < -0.39 is 5.82 Å². The molecule has 1 aromatic carbocycles. The Morgan fingerprint density at radius 2 is 2.08 bits per heavy atom. The SMILES string of the molecule is CC/C=C/c1cc(F)ccc1F. The predicted molar refractivity (Wildman–Crippen MR) is 45.7 cm³/mol. The van der Waals surface area contributed by atoms with Gasteiger partial charge in [-0.05, 0) is 24.6 Å². The minimum Gasteiger partial charge on any atom is -0.207 e. The van der Waals surface area contributed by atoms with Crippen LogP contribution in [0.5, 0.6) is 0 Å². The highest BCUT2D eigenvalue weighted by molar-refractivity contribution is 5.49. The van der Waals surface area contributed by atoms with Gasteiger partial charge in [0.25, 0.3) is 0 Å². The summed E-state index contributed by atoms with van der Waals surface area (Å²) in [5, 5.41) is 0. The molecule has 0 aliphatic carbocycles. The third kappa shape index (κ3) is 2.16. The maximum Gasteiger partial charge on any atom is 0.130 e. The molecule has 12 heavy (non-hydrogen) atoms. The molecule has 0 N–H and O–H groups in total. The molecule has 2 heteroatoms. The number of hydrogen-bond donors (Lipinski definition) is 0. The molecule has 0 saturated carbocycles. The highest BCUT2D eigenvalue weighted by atomic mass is 19.1. The normalized spacial score (nSPS) is 10.9. The van der Waals surface area contributed by atoms with E-state index in [-0.39, 0.29) is 5.82 Å². The lowest BCUT2D eigenvalue weighted by atomic mass is 10.2. The van der Waals surface area contributed by atoms with Crippen molar-refractivity contribution in [2.24, 2.45) is 0 Å².